The summed E-state index contributed by atoms with van der Waals surface area (Å²) in [4.78, 5) is 2.30. The van der Waals surface area contributed by atoms with Crippen molar-refractivity contribution in [3.05, 3.63) is 34.9 Å². The highest BCUT2D eigenvalue weighted by molar-refractivity contribution is 6.30. The van der Waals surface area contributed by atoms with Gasteiger partial charge >= 0.3 is 0 Å². The average Bonchev–Trinajstić information content (AvgIpc) is 2.39. The van der Waals surface area contributed by atoms with E-state index in [9.17, 15) is 0 Å². The molecule has 0 aliphatic heterocycles. The molecule has 0 spiro atoms. The number of hydrogen-bond acceptors (Lipinski definition) is 3. The molecule has 1 aromatic rings. The second kappa shape index (κ2) is 7.74. The van der Waals surface area contributed by atoms with Crippen LogP contribution in [0, 0.1) is 0 Å². The van der Waals surface area contributed by atoms with Crippen molar-refractivity contribution in [3.63, 3.8) is 0 Å². The van der Waals surface area contributed by atoms with Crippen molar-refractivity contribution in [3.8, 4) is 0 Å². The van der Waals surface area contributed by atoms with Crippen molar-refractivity contribution in [2.75, 3.05) is 27.2 Å². The van der Waals surface area contributed by atoms with Gasteiger partial charge in [0, 0.05) is 31.3 Å². The second-order valence-corrected chi connectivity index (χ2v) is 5.03. The van der Waals surface area contributed by atoms with Crippen LogP contribution in [0.25, 0.3) is 0 Å². The van der Waals surface area contributed by atoms with E-state index in [2.05, 4.69) is 31.0 Å². The average molecular weight is 271 g/mol. The number of methoxy groups -OCH3 is 1. The van der Waals surface area contributed by atoms with Gasteiger partial charge in [-0.05, 0) is 38.1 Å². The minimum Gasteiger partial charge on any atom is -0.380 e. The largest absolute Gasteiger partial charge is 0.380 e. The molecule has 0 aliphatic rings. The summed E-state index contributed by atoms with van der Waals surface area (Å²) in [6, 6.07) is 8.36. The summed E-state index contributed by atoms with van der Waals surface area (Å²) in [6.45, 7) is 3.71. The molecular weight excluding hydrogens is 248 g/mol. The van der Waals surface area contributed by atoms with Crippen LogP contribution in [0.4, 0.5) is 0 Å². The summed E-state index contributed by atoms with van der Waals surface area (Å²) in [6.07, 6.45) is 1.09. The molecule has 0 saturated heterocycles. The highest BCUT2D eigenvalue weighted by Gasteiger charge is 2.13. The maximum atomic E-state index is 5.89. The van der Waals surface area contributed by atoms with Crippen LogP contribution in [0.15, 0.2) is 24.3 Å². The van der Waals surface area contributed by atoms with E-state index in [-0.39, 0.29) is 6.10 Å². The van der Waals surface area contributed by atoms with E-state index in [0.717, 1.165) is 18.0 Å². The van der Waals surface area contributed by atoms with E-state index in [0.29, 0.717) is 12.6 Å². The van der Waals surface area contributed by atoms with Crippen LogP contribution in [-0.4, -0.2) is 38.3 Å². The molecule has 0 heterocycles. The molecule has 4 heteroatoms. The van der Waals surface area contributed by atoms with E-state index in [4.69, 9.17) is 22.1 Å². The van der Waals surface area contributed by atoms with E-state index in [1.807, 2.05) is 12.1 Å². The van der Waals surface area contributed by atoms with Gasteiger partial charge < -0.3 is 10.5 Å². The first-order chi connectivity index (χ1) is 8.58. The Morgan fingerprint density at radius 3 is 2.44 bits per heavy atom. The van der Waals surface area contributed by atoms with Gasteiger partial charge in [0.25, 0.3) is 0 Å². The fourth-order valence-corrected chi connectivity index (χ4v) is 1.99. The molecule has 102 valence electrons. The molecule has 0 bridgehead atoms. The first-order valence-corrected chi connectivity index (χ1v) is 6.64. The monoisotopic (exact) mass is 270 g/mol. The van der Waals surface area contributed by atoms with E-state index >= 15 is 0 Å². The smallest absolute Gasteiger partial charge is 0.0705 e. The molecule has 1 rings (SSSR count). The van der Waals surface area contributed by atoms with Crippen LogP contribution < -0.4 is 5.73 Å². The summed E-state index contributed by atoms with van der Waals surface area (Å²) in [7, 11) is 3.82. The topological polar surface area (TPSA) is 38.5 Å². The number of halogens is 1. The molecule has 1 aromatic carbocycles. The van der Waals surface area contributed by atoms with Gasteiger partial charge in [0.15, 0.2) is 0 Å². The van der Waals surface area contributed by atoms with Crippen molar-refractivity contribution in [2.45, 2.75) is 25.5 Å². The van der Waals surface area contributed by atoms with Gasteiger partial charge in [-0.15, -0.1) is 0 Å². The van der Waals surface area contributed by atoms with Crippen LogP contribution in [0.3, 0.4) is 0 Å². The lowest BCUT2D eigenvalue weighted by Crippen LogP contribution is -2.30. The molecule has 3 nitrogen and oxygen atoms in total. The van der Waals surface area contributed by atoms with Gasteiger partial charge in [0.2, 0.25) is 0 Å². The van der Waals surface area contributed by atoms with Crippen molar-refractivity contribution < 1.29 is 4.74 Å². The molecular formula is C14H23ClN2O. The van der Waals surface area contributed by atoms with Crippen LogP contribution in [0.1, 0.15) is 24.9 Å². The Morgan fingerprint density at radius 2 is 1.94 bits per heavy atom. The molecule has 2 N–H and O–H groups in total. The molecule has 0 aromatic heterocycles. The SMILES string of the molecule is COC(CN)CCN(C)C(C)c1ccc(Cl)cc1. The van der Waals surface area contributed by atoms with Crippen LogP contribution in [0.2, 0.25) is 5.02 Å². The normalized spacial score (nSPS) is 14.8. The quantitative estimate of drug-likeness (QED) is 0.828. The predicted octanol–water partition coefficient (Wildman–Crippen LogP) is 2.70. The molecule has 0 aliphatic carbocycles. The van der Waals surface area contributed by atoms with Gasteiger partial charge in [-0.3, -0.25) is 4.90 Å². The first kappa shape index (κ1) is 15.4. The second-order valence-electron chi connectivity index (χ2n) is 4.59. The third kappa shape index (κ3) is 4.58. The number of nitrogens with zero attached hydrogens (tertiary/aromatic N) is 1. The minimum atomic E-state index is 0.143. The third-order valence-corrected chi connectivity index (χ3v) is 3.67. The maximum Gasteiger partial charge on any atom is 0.0705 e. The Labute approximate surface area is 115 Å². The minimum absolute atomic E-state index is 0.143. The highest BCUT2D eigenvalue weighted by Crippen LogP contribution is 2.21. The maximum absolute atomic E-state index is 5.89. The van der Waals surface area contributed by atoms with Crippen molar-refractivity contribution in [1.82, 2.24) is 4.90 Å². The molecule has 0 saturated carbocycles. The molecule has 2 unspecified atom stereocenters. The third-order valence-electron chi connectivity index (χ3n) is 3.41. The number of rotatable bonds is 7. The summed E-state index contributed by atoms with van der Waals surface area (Å²) in [5.41, 5.74) is 6.88. The van der Waals surface area contributed by atoms with Crippen LogP contribution in [-0.2, 0) is 4.74 Å². The van der Waals surface area contributed by atoms with Gasteiger partial charge in [-0.2, -0.15) is 0 Å². The molecule has 0 radical (unpaired) electrons. The zero-order chi connectivity index (χ0) is 13.5. The lowest BCUT2D eigenvalue weighted by Gasteiger charge is -2.26. The van der Waals surface area contributed by atoms with Crippen LogP contribution >= 0.6 is 11.6 Å². The van der Waals surface area contributed by atoms with Gasteiger partial charge in [0.1, 0.15) is 0 Å². The van der Waals surface area contributed by atoms with Crippen LogP contribution in [0.5, 0.6) is 0 Å². The van der Waals surface area contributed by atoms with E-state index in [1.165, 1.54) is 5.56 Å². The zero-order valence-electron chi connectivity index (χ0n) is 11.4. The van der Waals surface area contributed by atoms with E-state index < -0.39 is 0 Å². The number of ether oxygens (including phenoxy) is 1. The Bertz CT molecular complexity index is 338. The van der Waals surface area contributed by atoms with Gasteiger partial charge in [-0.25, -0.2) is 0 Å². The summed E-state index contributed by atoms with van der Waals surface area (Å²) >= 11 is 5.89. The molecule has 18 heavy (non-hydrogen) atoms. The Kier molecular flexibility index (Phi) is 6.65. The first-order valence-electron chi connectivity index (χ1n) is 6.27. The van der Waals surface area contributed by atoms with E-state index in [1.54, 1.807) is 7.11 Å². The van der Waals surface area contributed by atoms with Gasteiger partial charge in [0.05, 0.1) is 6.10 Å². The Morgan fingerprint density at radius 1 is 1.33 bits per heavy atom. The zero-order valence-corrected chi connectivity index (χ0v) is 12.2. The molecule has 0 amide bonds. The fraction of sp³-hybridized carbons (Fsp3) is 0.571. The van der Waals surface area contributed by atoms with Crippen molar-refractivity contribution in [2.24, 2.45) is 5.73 Å². The van der Waals surface area contributed by atoms with Crippen molar-refractivity contribution in [1.29, 1.82) is 0 Å². The lowest BCUT2D eigenvalue weighted by molar-refractivity contribution is 0.0881. The number of hydrogen-bond donors (Lipinski definition) is 1. The molecule has 0 fully saturated rings. The molecule has 2 atom stereocenters. The lowest BCUT2D eigenvalue weighted by atomic mass is 10.1. The number of nitrogens with two attached hydrogens (primary N) is 1. The number of benzene rings is 1. The van der Waals surface area contributed by atoms with Crippen molar-refractivity contribution >= 4 is 11.6 Å². The Hall–Kier alpha value is -0.610. The predicted molar refractivity (Wildman–Crippen MR) is 77.0 cm³/mol. The summed E-state index contributed by atoms with van der Waals surface area (Å²) in [5, 5.41) is 0.774. The summed E-state index contributed by atoms with van der Waals surface area (Å²) < 4.78 is 5.28. The highest BCUT2D eigenvalue weighted by atomic mass is 35.5. The Balaban J connectivity index is 2.50. The summed E-state index contributed by atoms with van der Waals surface area (Å²) in [5.74, 6) is 0. The van der Waals surface area contributed by atoms with Gasteiger partial charge in [-0.1, -0.05) is 23.7 Å². The fourth-order valence-electron chi connectivity index (χ4n) is 1.87. The standard InChI is InChI=1S/C14H23ClN2O/c1-11(12-4-6-13(15)7-5-12)17(2)9-8-14(10-16)18-3/h4-7,11,14H,8-10,16H2,1-3H3.